The van der Waals surface area contributed by atoms with E-state index in [0.29, 0.717) is 18.3 Å². The first-order valence-electron chi connectivity index (χ1n) is 8.97. The lowest BCUT2D eigenvalue weighted by molar-refractivity contribution is -0.0908. The average Bonchev–Trinajstić information content (AvgIpc) is 3.06. The Balaban J connectivity index is 1.48. The maximum atomic E-state index is 12.4. The fraction of sp³-hybridized carbons (Fsp3) is 0.476. The van der Waals surface area contributed by atoms with Crippen molar-refractivity contribution in [3.8, 4) is 0 Å². The summed E-state index contributed by atoms with van der Waals surface area (Å²) in [6.45, 7) is 6.25. The molecule has 1 amide bonds. The van der Waals surface area contributed by atoms with Gasteiger partial charge in [0.05, 0.1) is 11.3 Å². The Morgan fingerprint density at radius 1 is 1.12 bits per heavy atom. The van der Waals surface area contributed by atoms with Gasteiger partial charge in [-0.2, -0.15) is 0 Å². The summed E-state index contributed by atoms with van der Waals surface area (Å²) in [4.78, 5) is 12.4. The number of hydrogen-bond donors (Lipinski definition) is 2. The van der Waals surface area contributed by atoms with Crippen molar-refractivity contribution in [1.82, 2.24) is 0 Å². The molecule has 2 fully saturated rings. The minimum atomic E-state index is -0.967. The monoisotopic (exact) mass is 339 g/mol. The molecule has 0 radical (unpaired) electrons. The largest absolute Gasteiger partial charge is 0.443 e. The quantitative estimate of drug-likeness (QED) is 0.842. The van der Waals surface area contributed by atoms with Gasteiger partial charge in [0.2, 0.25) is 0 Å². The Kier molecular flexibility index (Phi) is 3.58. The lowest BCUT2D eigenvalue weighted by Crippen LogP contribution is -2.46. The zero-order chi connectivity index (χ0) is 17.8. The third kappa shape index (κ3) is 2.78. The van der Waals surface area contributed by atoms with Gasteiger partial charge in [0.15, 0.2) is 0 Å². The number of ether oxygens (including phenoxy) is 1. The highest BCUT2D eigenvalue weighted by Gasteiger charge is 2.64. The van der Waals surface area contributed by atoms with E-state index in [1.165, 1.54) is 0 Å². The summed E-state index contributed by atoms with van der Waals surface area (Å²) in [5.41, 5.74) is 0.00219. The topological polar surface area (TPSA) is 58.6 Å². The average molecular weight is 339 g/mol. The van der Waals surface area contributed by atoms with Crippen molar-refractivity contribution in [2.75, 3.05) is 5.32 Å². The van der Waals surface area contributed by atoms with E-state index in [0.717, 1.165) is 22.9 Å². The minimum absolute atomic E-state index is 0.244. The number of aliphatic hydroxyl groups is 1. The van der Waals surface area contributed by atoms with Crippen molar-refractivity contribution in [3.05, 3.63) is 42.5 Å². The summed E-state index contributed by atoms with van der Waals surface area (Å²) in [6.07, 6.45) is 0.453. The highest BCUT2D eigenvalue weighted by Crippen LogP contribution is 2.66. The molecule has 2 aliphatic rings. The molecule has 4 unspecified atom stereocenters. The van der Waals surface area contributed by atoms with Gasteiger partial charge in [0, 0.05) is 5.39 Å². The first-order valence-corrected chi connectivity index (χ1v) is 8.97. The van der Waals surface area contributed by atoms with Crippen LogP contribution in [0.1, 0.15) is 33.6 Å². The van der Waals surface area contributed by atoms with E-state index in [2.05, 4.69) is 19.2 Å². The van der Waals surface area contributed by atoms with Crippen LogP contribution in [0.3, 0.4) is 0 Å². The van der Waals surface area contributed by atoms with Crippen molar-refractivity contribution in [3.63, 3.8) is 0 Å². The molecule has 2 saturated carbocycles. The van der Waals surface area contributed by atoms with Gasteiger partial charge in [0.1, 0.15) is 6.10 Å². The molecule has 0 aliphatic heterocycles. The Hall–Kier alpha value is -2.07. The molecule has 25 heavy (non-hydrogen) atoms. The van der Waals surface area contributed by atoms with Crippen LogP contribution in [-0.2, 0) is 4.74 Å². The van der Waals surface area contributed by atoms with Crippen molar-refractivity contribution in [2.45, 2.75) is 45.3 Å². The number of carbonyl (C=O) groups excluding carboxylic acids is 1. The molecule has 0 bridgehead atoms. The standard InChI is InChI=1S/C21H25NO3/c1-20(2)15-11-18(21(3,24)12-16(15)20)25-19(23)22-17-10-6-8-13-7-4-5-9-14(13)17/h4-10,15-16,18,24H,11-12H2,1-3H3,(H,22,23). The van der Waals surface area contributed by atoms with Gasteiger partial charge in [-0.25, -0.2) is 4.79 Å². The molecule has 4 heteroatoms. The number of fused-ring (bicyclic) bond motifs is 2. The summed E-state index contributed by atoms with van der Waals surface area (Å²) in [7, 11) is 0. The first-order chi connectivity index (χ1) is 11.8. The Morgan fingerprint density at radius 3 is 2.64 bits per heavy atom. The second-order valence-corrected chi connectivity index (χ2v) is 8.38. The Morgan fingerprint density at radius 2 is 1.84 bits per heavy atom. The summed E-state index contributed by atoms with van der Waals surface area (Å²) in [5.74, 6) is 1.06. The molecular formula is C21H25NO3. The maximum Gasteiger partial charge on any atom is 0.412 e. The number of anilines is 1. The number of benzene rings is 2. The second kappa shape index (κ2) is 5.46. The lowest BCUT2D eigenvalue weighted by Gasteiger charge is -2.35. The van der Waals surface area contributed by atoms with Crippen molar-refractivity contribution in [2.24, 2.45) is 17.3 Å². The van der Waals surface area contributed by atoms with Crippen LogP contribution in [-0.4, -0.2) is 22.9 Å². The van der Waals surface area contributed by atoms with Gasteiger partial charge < -0.3 is 9.84 Å². The molecule has 4 atom stereocenters. The molecule has 0 saturated heterocycles. The van der Waals surface area contributed by atoms with Crippen LogP contribution < -0.4 is 5.32 Å². The van der Waals surface area contributed by atoms with E-state index in [1.54, 1.807) is 6.92 Å². The van der Waals surface area contributed by atoms with E-state index >= 15 is 0 Å². The van der Waals surface area contributed by atoms with Gasteiger partial charge in [-0.3, -0.25) is 5.32 Å². The third-order valence-electron chi connectivity index (χ3n) is 6.36. The number of carbonyl (C=O) groups is 1. The molecular weight excluding hydrogens is 314 g/mol. The number of amides is 1. The van der Waals surface area contributed by atoms with Crippen LogP contribution in [0.4, 0.5) is 10.5 Å². The normalized spacial score (nSPS) is 32.7. The van der Waals surface area contributed by atoms with E-state index in [4.69, 9.17) is 4.74 Å². The fourth-order valence-electron chi connectivity index (χ4n) is 4.57. The molecule has 2 N–H and O–H groups in total. The van der Waals surface area contributed by atoms with Crippen molar-refractivity contribution in [1.29, 1.82) is 0 Å². The van der Waals surface area contributed by atoms with E-state index in [1.807, 2.05) is 42.5 Å². The van der Waals surface area contributed by atoms with Gasteiger partial charge in [-0.1, -0.05) is 50.2 Å². The molecule has 4 nitrogen and oxygen atoms in total. The summed E-state index contributed by atoms with van der Waals surface area (Å²) >= 11 is 0. The Bertz CT molecular complexity index is 822. The van der Waals surface area contributed by atoms with Crippen LogP contribution in [0.2, 0.25) is 0 Å². The van der Waals surface area contributed by atoms with Gasteiger partial charge in [-0.05, 0) is 48.5 Å². The van der Waals surface area contributed by atoms with Gasteiger partial charge >= 0.3 is 6.09 Å². The zero-order valence-electron chi connectivity index (χ0n) is 15.0. The second-order valence-electron chi connectivity index (χ2n) is 8.38. The SMILES string of the molecule is CC1(O)CC2C(CC1OC(=O)Nc1cccc3ccccc13)C2(C)C. The first kappa shape index (κ1) is 16.4. The molecule has 0 heterocycles. The Labute approximate surface area is 148 Å². The summed E-state index contributed by atoms with van der Waals surface area (Å²) in [6, 6.07) is 13.7. The predicted molar refractivity (Wildman–Crippen MR) is 98.5 cm³/mol. The molecule has 0 spiro atoms. The van der Waals surface area contributed by atoms with E-state index in [-0.39, 0.29) is 5.41 Å². The van der Waals surface area contributed by atoms with Crippen LogP contribution in [0.25, 0.3) is 10.8 Å². The lowest BCUT2D eigenvalue weighted by atomic mass is 9.84. The van der Waals surface area contributed by atoms with Crippen LogP contribution >= 0.6 is 0 Å². The summed E-state index contributed by atoms with van der Waals surface area (Å²) < 4.78 is 5.65. The molecule has 4 rings (SSSR count). The van der Waals surface area contributed by atoms with E-state index in [9.17, 15) is 9.90 Å². The van der Waals surface area contributed by atoms with Crippen molar-refractivity contribution < 1.29 is 14.6 Å². The van der Waals surface area contributed by atoms with Gasteiger partial charge in [0.25, 0.3) is 0 Å². The number of rotatable bonds is 2. The molecule has 2 aromatic rings. The molecule has 2 aliphatic carbocycles. The smallest absolute Gasteiger partial charge is 0.412 e. The van der Waals surface area contributed by atoms with Gasteiger partial charge in [-0.15, -0.1) is 0 Å². The summed E-state index contributed by atoms with van der Waals surface area (Å²) in [5, 5.41) is 15.6. The van der Waals surface area contributed by atoms with E-state index < -0.39 is 17.8 Å². The molecule has 132 valence electrons. The zero-order valence-corrected chi connectivity index (χ0v) is 15.0. The number of hydrogen-bond acceptors (Lipinski definition) is 3. The highest BCUT2D eigenvalue weighted by molar-refractivity contribution is 6.00. The highest BCUT2D eigenvalue weighted by atomic mass is 16.6. The minimum Gasteiger partial charge on any atom is -0.443 e. The fourth-order valence-corrected chi connectivity index (χ4v) is 4.57. The maximum absolute atomic E-state index is 12.4. The number of nitrogens with one attached hydrogen (secondary N) is 1. The molecule has 2 aromatic carbocycles. The van der Waals surface area contributed by atoms with Crippen LogP contribution in [0, 0.1) is 17.3 Å². The van der Waals surface area contributed by atoms with Crippen LogP contribution in [0.15, 0.2) is 42.5 Å². The van der Waals surface area contributed by atoms with Crippen LogP contribution in [0.5, 0.6) is 0 Å². The predicted octanol–water partition coefficient (Wildman–Crippen LogP) is 4.57. The molecule has 0 aromatic heterocycles. The van der Waals surface area contributed by atoms with Crippen molar-refractivity contribution >= 4 is 22.6 Å². The third-order valence-corrected chi connectivity index (χ3v) is 6.36.